The monoisotopic (exact) mass is 208 g/mol. The fourth-order valence-corrected chi connectivity index (χ4v) is 1.48. The number of hydrogen-bond donors (Lipinski definition) is 1. The minimum Gasteiger partial charge on any atom is -0.382 e. The van der Waals surface area contributed by atoms with Crippen LogP contribution in [0.4, 0.5) is 0 Å². The van der Waals surface area contributed by atoms with E-state index in [2.05, 4.69) is 11.1 Å². The number of rotatable bonds is 7. The molecular weight excluding hydrogens is 190 g/mol. The van der Waals surface area contributed by atoms with Gasteiger partial charge in [-0.15, -0.1) is 0 Å². The Morgan fingerprint density at radius 3 is 3.13 bits per heavy atom. The first kappa shape index (κ1) is 11.7. The number of unbranched alkanes of at least 4 members (excludes halogenated alkanes) is 1. The van der Waals surface area contributed by atoms with Crippen LogP contribution in [0, 0.1) is 11.3 Å². The second-order valence-electron chi connectivity index (χ2n) is 3.35. The fraction of sp³-hybridized carbons (Fsp3) is 0.636. The molecule has 0 aliphatic rings. The number of nitriles is 1. The topological polar surface area (TPSA) is 52.7 Å². The van der Waals surface area contributed by atoms with E-state index in [-0.39, 0.29) is 0 Å². The zero-order chi connectivity index (χ0) is 10.9. The third-order valence-corrected chi connectivity index (χ3v) is 2.25. The normalized spacial score (nSPS) is 10.1. The van der Waals surface area contributed by atoms with Crippen LogP contribution in [0.2, 0.25) is 0 Å². The van der Waals surface area contributed by atoms with E-state index < -0.39 is 0 Å². The summed E-state index contributed by atoms with van der Waals surface area (Å²) in [6, 6.07) is 2.14. The zero-order valence-electron chi connectivity index (χ0n) is 9.20. The van der Waals surface area contributed by atoms with Crippen LogP contribution in [0.15, 0.2) is 12.4 Å². The van der Waals surface area contributed by atoms with Gasteiger partial charge >= 0.3 is 0 Å². The molecule has 1 N–H and O–H groups in total. The summed E-state index contributed by atoms with van der Waals surface area (Å²) in [5, 5.41) is 8.60. The molecule has 0 atom stereocenters. The van der Waals surface area contributed by atoms with Crippen LogP contribution in [0.25, 0.3) is 0 Å². The summed E-state index contributed by atoms with van der Waals surface area (Å²) in [6.45, 7) is 4.04. The molecule has 0 saturated heterocycles. The number of imidazole rings is 1. The zero-order valence-corrected chi connectivity index (χ0v) is 9.20. The lowest BCUT2D eigenvalue weighted by Gasteiger charge is -1.99. The molecule has 0 saturated carbocycles. The molecule has 0 aromatic carbocycles. The first-order valence-electron chi connectivity index (χ1n) is 5.39. The summed E-state index contributed by atoms with van der Waals surface area (Å²) in [4.78, 5) is 3.15. The van der Waals surface area contributed by atoms with Crippen molar-refractivity contribution in [3.05, 3.63) is 18.2 Å². The van der Waals surface area contributed by atoms with Gasteiger partial charge in [0.1, 0.15) is 18.5 Å². The number of aromatic amines is 1. The van der Waals surface area contributed by atoms with E-state index in [1.54, 1.807) is 0 Å². The van der Waals surface area contributed by atoms with E-state index in [1.807, 2.05) is 23.9 Å². The van der Waals surface area contributed by atoms with Gasteiger partial charge in [0.25, 0.3) is 5.82 Å². The molecule has 1 rings (SSSR count). The number of nitrogens with one attached hydrogen (secondary N) is 1. The van der Waals surface area contributed by atoms with Gasteiger partial charge < -0.3 is 4.74 Å². The molecule has 1 aromatic rings. The van der Waals surface area contributed by atoms with Gasteiger partial charge in [0, 0.05) is 19.6 Å². The van der Waals surface area contributed by atoms with E-state index in [0.29, 0.717) is 6.54 Å². The lowest BCUT2D eigenvalue weighted by atomic mass is 10.2. The van der Waals surface area contributed by atoms with Gasteiger partial charge in [0.05, 0.1) is 0 Å². The highest BCUT2D eigenvalue weighted by molar-refractivity contribution is 4.78. The molecule has 1 heterocycles. The molecule has 0 fully saturated rings. The lowest BCUT2D eigenvalue weighted by Crippen LogP contribution is -2.35. The minimum absolute atomic E-state index is 0.421. The Bertz CT molecular complexity index is 314. The minimum atomic E-state index is 0.421. The Balaban J connectivity index is 2.25. The fourth-order valence-electron chi connectivity index (χ4n) is 1.48. The van der Waals surface area contributed by atoms with Crippen molar-refractivity contribution >= 4 is 0 Å². The maximum Gasteiger partial charge on any atom is 0.255 e. The van der Waals surface area contributed by atoms with Gasteiger partial charge in [0.15, 0.2) is 6.54 Å². The summed E-state index contributed by atoms with van der Waals surface area (Å²) in [7, 11) is 0. The van der Waals surface area contributed by atoms with Crippen LogP contribution in [0.5, 0.6) is 0 Å². The molecule has 4 heteroatoms. The highest BCUT2D eigenvalue weighted by Crippen LogP contribution is 1.98. The molecule has 0 spiro atoms. The van der Waals surface area contributed by atoms with Crippen LogP contribution in [-0.4, -0.2) is 18.2 Å². The highest BCUT2D eigenvalue weighted by Gasteiger charge is 2.08. The molecule has 0 amide bonds. The van der Waals surface area contributed by atoms with Crippen LogP contribution in [0.3, 0.4) is 0 Å². The van der Waals surface area contributed by atoms with Gasteiger partial charge in [-0.25, -0.2) is 9.55 Å². The predicted molar refractivity (Wildman–Crippen MR) is 56.0 cm³/mol. The van der Waals surface area contributed by atoms with Crippen LogP contribution in [-0.2, 0) is 17.7 Å². The second kappa shape index (κ2) is 7.02. The van der Waals surface area contributed by atoms with Crippen molar-refractivity contribution in [3.8, 4) is 6.07 Å². The van der Waals surface area contributed by atoms with Crippen molar-refractivity contribution in [2.45, 2.75) is 32.7 Å². The molecule has 82 valence electrons. The molecule has 1 aromatic heterocycles. The number of nitrogens with zero attached hydrogens (tertiary/aromatic N) is 2. The van der Waals surface area contributed by atoms with E-state index in [4.69, 9.17) is 10.00 Å². The quantitative estimate of drug-likeness (QED) is 0.540. The van der Waals surface area contributed by atoms with Crippen molar-refractivity contribution in [1.29, 1.82) is 5.26 Å². The lowest BCUT2D eigenvalue weighted by molar-refractivity contribution is -0.691. The van der Waals surface area contributed by atoms with Crippen molar-refractivity contribution in [2.75, 3.05) is 13.2 Å². The van der Waals surface area contributed by atoms with E-state index >= 15 is 0 Å². The van der Waals surface area contributed by atoms with E-state index in [1.165, 1.54) is 0 Å². The summed E-state index contributed by atoms with van der Waals surface area (Å²) in [5.74, 6) is 1.12. The maximum atomic E-state index is 8.60. The summed E-state index contributed by atoms with van der Waals surface area (Å²) >= 11 is 0. The predicted octanol–water partition coefficient (Wildman–Crippen LogP) is 1.18. The third-order valence-electron chi connectivity index (χ3n) is 2.25. The maximum absolute atomic E-state index is 8.60. The van der Waals surface area contributed by atoms with Gasteiger partial charge in [-0.1, -0.05) is 0 Å². The number of aryl methyl sites for hydroxylation is 1. The number of aromatic nitrogens is 2. The van der Waals surface area contributed by atoms with E-state index in [0.717, 1.165) is 38.3 Å². The Kier molecular flexibility index (Phi) is 5.49. The SMILES string of the molecule is CCOCCCCc1[nH]cc[n+]1CC#N. The number of hydrogen-bond acceptors (Lipinski definition) is 2. The summed E-state index contributed by atoms with van der Waals surface area (Å²) in [6.07, 6.45) is 6.91. The third kappa shape index (κ3) is 4.13. The van der Waals surface area contributed by atoms with Crippen LogP contribution < -0.4 is 4.57 Å². The molecule has 0 aliphatic heterocycles. The smallest absolute Gasteiger partial charge is 0.255 e. The van der Waals surface area contributed by atoms with Gasteiger partial charge in [0.2, 0.25) is 0 Å². The number of H-pyrrole nitrogens is 1. The van der Waals surface area contributed by atoms with Crippen LogP contribution in [0.1, 0.15) is 25.6 Å². The van der Waals surface area contributed by atoms with Crippen LogP contribution >= 0.6 is 0 Å². The highest BCUT2D eigenvalue weighted by atomic mass is 16.5. The second-order valence-corrected chi connectivity index (χ2v) is 3.35. The molecule has 4 nitrogen and oxygen atoms in total. The Hall–Kier alpha value is -1.34. The van der Waals surface area contributed by atoms with Crippen molar-refractivity contribution in [3.63, 3.8) is 0 Å². The van der Waals surface area contributed by atoms with E-state index in [9.17, 15) is 0 Å². The first-order chi connectivity index (χ1) is 7.38. The molecule has 15 heavy (non-hydrogen) atoms. The average Bonchev–Trinajstić information content (AvgIpc) is 2.66. The van der Waals surface area contributed by atoms with Gasteiger partial charge in [-0.3, -0.25) is 0 Å². The molecule has 0 aliphatic carbocycles. The first-order valence-corrected chi connectivity index (χ1v) is 5.39. The Labute approximate surface area is 90.5 Å². The van der Waals surface area contributed by atoms with Crippen molar-refractivity contribution in [1.82, 2.24) is 4.98 Å². The standard InChI is InChI=1S/C11H17N3O/c1-2-15-10-4-3-5-11-13-7-9-14(11)8-6-12/h7,9H,2-5,8,10H2,1H3/p+1. The largest absolute Gasteiger partial charge is 0.382 e. The summed E-state index contributed by atoms with van der Waals surface area (Å²) in [5.41, 5.74) is 0. The van der Waals surface area contributed by atoms with Crippen molar-refractivity contribution in [2.24, 2.45) is 0 Å². The Morgan fingerprint density at radius 2 is 2.40 bits per heavy atom. The average molecular weight is 208 g/mol. The number of ether oxygens (including phenoxy) is 1. The molecule has 0 bridgehead atoms. The molecule has 0 unspecified atom stereocenters. The molecular formula is C11H18N3O+. The van der Waals surface area contributed by atoms with Gasteiger partial charge in [-0.05, 0) is 19.8 Å². The summed E-state index contributed by atoms with van der Waals surface area (Å²) < 4.78 is 7.21. The Morgan fingerprint density at radius 1 is 1.53 bits per heavy atom. The molecule has 0 radical (unpaired) electrons. The van der Waals surface area contributed by atoms with Gasteiger partial charge in [-0.2, -0.15) is 5.26 Å². The van der Waals surface area contributed by atoms with Crippen molar-refractivity contribution < 1.29 is 9.30 Å².